The molecule has 0 radical (unpaired) electrons. The molecule has 0 spiro atoms. The van der Waals surface area contributed by atoms with E-state index < -0.39 is 0 Å². The van der Waals surface area contributed by atoms with Crippen molar-refractivity contribution in [3.63, 3.8) is 0 Å². The van der Waals surface area contributed by atoms with Gasteiger partial charge in [-0.25, -0.2) is 0 Å². The Morgan fingerprint density at radius 2 is 1.65 bits per heavy atom. The van der Waals surface area contributed by atoms with Gasteiger partial charge in [-0.15, -0.1) is 0 Å². The van der Waals surface area contributed by atoms with Crippen LogP contribution in [0.15, 0.2) is 42.5 Å². The highest BCUT2D eigenvalue weighted by Gasteiger charge is 2.05. The van der Waals surface area contributed by atoms with Crippen molar-refractivity contribution < 1.29 is 5.11 Å². The van der Waals surface area contributed by atoms with E-state index in [1.165, 1.54) is 0 Å². The molecule has 2 aromatic carbocycles. The maximum Gasteiger partial charge on any atom is 0.118 e. The van der Waals surface area contributed by atoms with Gasteiger partial charge < -0.3 is 5.11 Å². The zero-order valence-electron chi connectivity index (χ0n) is 11.0. The number of phenolic OH excluding ortho intramolecular Hbond substituents is 1. The molecule has 0 fully saturated rings. The van der Waals surface area contributed by atoms with Crippen LogP contribution in [0.5, 0.6) is 5.75 Å². The third kappa shape index (κ3) is 3.16. The van der Waals surface area contributed by atoms with Crippen molar-refractivity contribution in [1.82, 2.24) is 0 Å². The van der Waals surface area contributed by atoms with E-state index in [0.29, 0.717) is 18.4 Å². The van der Waals surface area contributed by atoms with Gasteiger partial charge in [0.1, 0.15) is 5.75 Å². The summed E-state index contributed by atoms with van der Waals surface area (Å²) in [6.45, 7) is 0. The van der Waals surface area contributed by atoms with Gasteiger partial charge in [0.15, 0.2) is 0 Å². The lowest BCUT2D eigenvalue weighted by atomic mass is 9.99. The van der Waals surface area contributed by atoms with E-state index in [1.54, 1.807) is 18.2 Å². The number of rotatable bonds is 4. The summed E-state index contributed by atoms with van der Waals surface area (Å²) in [5.41, 5.74) is 3.48. The van der Waals surface area contributed by atoms with Gasteiger partial charge in [-0.1, -0.05) is 18.2 Å². The number of unbranched alkanes of at least 4 members (excludes halogenated alkanes) is 1. The summed E-state index contributed by atoms with van der Waals surface area (Å²) >= 11 is 0. The zero-order chi connectivity index (χ0) is 14.4. The predicted molar refractivity (Wildman–Crippen MR) is 76.8 cm³/mol. The maximum absolute atomic E-state index is 9.84. The molecular weight excluding hydrogens is 248 g/mol. The van der Waals surface area contributed by atoms with Crippen LogP contribution in [0, 0.1) is 22.7 Å². The average Bonchev–Trinajstić information content (AvgIpc) is 2.49. The minimum atomic E-state index is 0.264. The number of hydrogen-bond donors (Lipinski definition) is 1. The van der Waals surface area contributed by atoms with Crippen LogP contribution < -0.4 is 0 Å². The standard InChI is InChI=1S/C17H14N2O/c18-10-2-1-3-16-11-15(8-9-17(16)20)14-6-4-13(12-19)5-7-14/h4-9,11,20H,1-3H2. The molecule has 0 unspecified atom stereocenters. The van der Waals surface area contributed by atoms with Gasteiger partial charge in [0.25, 0.3) is 0 Å². The molecule has 0 aliphatic rings. The molecular formula is C17H14N2O. The first-order chi connectivity index (χ1) is 9.74. The van der Waals surface area contributed by atoms with Crippen LogP contribution in [-0.2, 0) is 6.42 Å². The average molecular weight is 262 g/mol. The Hall–Kier alpha value is -2.78. The second-order valence-electron chi connectivity index (χ2n) is 4.54. The fourth-order valence-electron chi connectivity index (χ4n) is 2.06. The Bertz CT molecular complexity index is 676. The minimum Gasteiger partial charge on any atom is -0.508 e. The van der Waals surface area contributed by atoms with Crippen LogP contribution in [-0.4, -0.2) is 5.11 Å². The molecule has 0 aromatic heterocycles. The first-order valence-corrected chi connectivity index (χ1v) is 6.44. The Labute approximate surface area is 118 Å². The van der Waals surface area contributed by atoms with Crippen LogP contribution in [0.1, 0.15) is 24.0 Å². The SMILES string of the molecule is N#CCCCc1cc(-c2ccc(C#N)cc2)ccc1O. The van der Waals surface area contributed by atoms with Crippen molar-refractivity contribution in [1.29, 1.82) is 10.5 Å². The van der Waals surface area contributed by atoms with Crippen LogP contribution in [0.25, 0.3) is 11.1 Å². The Morgan fingerprint density at radius 1 is 0.950 bits per heavy atom. The van der Waals surface area contributed by atoms with Gasteiger partial charge in [-0.3, -0.25) is 0 Å². The van der Waals surface area contributed by atoms with Crippen molar-refractivity contribution >= 4 is 0 Å². The molecule has 0 saturated heterocycles. The van der Waals surface area contributed by atoms with E-state index in [0.717, 1.165) is 23.1 Å². The summed E-state index contributed by atoms with van der Waals surface area (Å²) in [4.78, 5) is 0. The number of aryl methyl sites for hydroxylation is 1. The molecule has 20 heavy (non-hydrogen) atoms. The number of nitriles is 2. The van der Waals surface area contributed by atoms with E-state index in [-0.39, 0.29) is 5.75 Å². The van der Waals surface area contributed by atoms with Gasteiger partial charge in [0.05, 0.1) is 17.7 Å². The van der Waals surface area contributed by atoms with Crippen LogP contribution in [0.3, 0.4) is 0 Å². The first kappa shape index (κ1) is 13.6. The predicted octanol–water partition coefficient (Wildman–Crippen LogP) is 3.78. The molecule has 0 aliphatic carbocycles. The summed E-state index contributed by atoms with van der Waals surface area (Å²) < 4.78 is 0. The van der Waals surface area contributed by atoms with E-state index in [9.17, 15) is 5.11 Å². The van der Waals surface area contributed by atoms with Crippen molar-refractivity contribution in [2.45, 2.75) is 19.3 Å². The molecule has 0 saturated carbocycles. The van der Waals surface area contributed by atoms with Crippen molar-refractivity contribution in [2.75, 3.05) is 0 Å². The number of benzene rings is 2. The fraction of sp³-hybridized carbons (Fsp3) is 0.176. The van der Waals surface area contributed by atoms with E-state index >= 15 is 0 Å². The molecule has 2 rings (SSSR count). The van der Waals surface area contributed by atoms with Crippen molar-refractivity contribution in [2.24, 2.45) is 0 Å². The molecule has 2 aromatic rings. The molecule has 3 nitrogen and oxygen atoms in total. The highest BCUT2D eigenvalue weighted by atomic mass is 16.3. The number of nitrogens with zero attached hydrogens (tertiary/aromatic N) is 2. The number of hydrogen-bond acceptors (Lipinski definition) is 3. The Kier molecular flexibility index (Phi) is 4.37. The molecule has 3 heteroatoms. The lowest BCUT2D eigenvalue weighted by Gasteiger charge is -2.07. The summed E-state index contributed by atoms with van der Waals surface area (Å²) in [6.07, 6.45) is 1.91. The van der Waals surface area contributed by atoms with E-state index in [2.05, 4.69) is 12.1 Å². The first-order valence-electron chi connectivity index (χ1n) is 6.44. The molecule has 0 bridgehead atoms. The quantitative estimate of drug-likeness (QED) is 0.852. The fourth-order valence-corrected chi connectivity index (χ4v) is 2.06. The van der Waals surface area contributed by atoms with Crippen LogP contribution in [0.4, 0.5) is 0 Å². The van der Waals surface area contributed by atoms with E-state index in [1.807, 2.05) is 24.3 Å². The third-order valence-electron chi connectivity index (χ3n) is 3.16. The molecule has 0 amide bonds. The molecule has 1 N–H and O–H groups in total. The monoisotopic (exact) mass is 262 g/mol. The third-order valence-corrected chi connectivity index (χ3v) is 3.16. The normalized spacial score (nSPS) is 9.70. The topological polar surface area (TPSA) is 67.8 Å². The van der Waals surface area contributed by atoms with E-state index in [4.69, 9.17) is 10.5 Å². The smallest absolute Gasteiger partial charge is 0.118 e. The van der Waals surface area contributed by atoms with Gasteiger partial charge >= 0.3 is 0 Å². The van der Waals surface area contributed by atoms with Gasteiger partial charge in [-0.2, -0.15) is 10.5 Å². The van der Waals surface area contributed by atoms with Gasteiger partial charge in [-0.05, 0) is 53.8 Å². The highest BCUT2D eigenvalue weighted by molar-refractivity contribution is 5.66. The number of aromatic hydroxyl groups is 1. The van der Waals surface area contributed by atoms with Crippen molar-refractivity contribution in [3.05, 3.63) is 53.6 Å². The second-order valence-corrected chi connectivity index (χ2v) is 4.54. The molecule has 0 aliphatic heterocycles. The largest absolute Gasteiger partial charge is 0.508 e. The lowest BCUT2D eigenvalue weighted by molar-refractivity contribution is 0.467. The minimum absolute atomic E-state index is 0.264. The second kappa shape index (κ2) is 6.41. The summed E-state index contributed by atoms with van der Waals surface area (Å²) in [6, 6.07) is 17.0. The molecule has 0 heterocycles. The Balaban J connectivity index is 2.26. The molecule has 98 valence electrons. The highest BCUT2D eigenvalue weighted by Crippen LogP contribution is 2.27. The molecule has 0 atom stereocenters. The van der Waals surface area contributed by atoms with Crippen LogP contribution >= 0.6 is 0 Å². The number of phenols is 1. The van der Waals surface area contributed by atoms with Crippen molar-refractivity contribution in [3.8, 4) is 29.0 Å². The summed E-state index contributed by atoms with van der Waals surface area (Å²) in [7, 11) is 0. The zero-order valence-corrected chi connectivity index (χ0v) is 11.0. The van der Waals surface area contributed by atoms with Crippen LogP contribution in [0.2, 0.25) is 0 Å². The van der Waals surface area contributed by atoms with Gasteiger partial charge in [0, 0.05) is 6.42 Å². The van der Waals surface area contributed by atoms with Gasteiger partial charge in [0.2, 0.25) is 0 Å². The summed E-state index contributed by atoms with van der Waals surface area (Å²) in [5, 5.41) is 27.2. The lowest BCUT2D eigenvalue weighted by Crippen LogP contribution is -1.88. The maximum atomic E-state index is 9.84. The summed E-state index contributed by atoms with van der Waals surface area (Å²) in [5.74, 6) is 0.264. The Morgan fingerprint density at radius 3 is 2.30 bits per heavy atom.